The maximum Gasteiger partial charge on any atom is 0.263 e. The first-order valence-corrected chi connectivity index (χ1v) is 11.8. The molecule has 2 aromatic heterocycles. The van der Waals surface area contributed by atoms with Gasteiger partial charge in [-0.15, -0.1) is 11.3 Å². The highest BCUT2D eigenvalue weighted by Crippen LogP contribution is 2.35. The van der Waals surface area contributed by atoms with Crippen molar-refractivity contribution in [2.24, 2.45) is 5.92 Å². The van der Waals surface area contributed by atoms with Gasteiger partial charge in [0.05, 0.1) is 10.6 Å². The number of benzene rings is 1. The summed E-state index contributed by atoms with van der Waals surface area (Å²) in [5, 5.41) is 3.72. The van der Waals surface area contributed by atoms with E-state index in [1.807, 2.05) is 20.8 Å². The lowest BCUT2D eigenvalue weighted by molar-refractivity contribution is -0.115. The summed E-state index contributed by atoms with van der Waals surface area (Å²) in [5.41, 5.74) is 1.58. The monoisotopic (exact) mass is 459 g/mol. The molecule has 1 aliphatic heterocycles. The van der Waals surface area contributed by atoms with E-state index in [1.54, 1.807) is 22.8 Å². The Bertz CT molecular complexity index is 1220. The van der Waals surface area contributed by atoms with E-state index in [0.29, 0.717) is 34.3 Å². The molecule has 0 spiro atoms. The van der Waals surface area contributed by atoms with E-state index in [1.165, 1.54) is 23.1 Å². The fraction of sp³-hybridized carbons (Fsp3) is 0.409. The minimum Gasteiger partial charge on any atom is -0.454 e. The number of anilines is 1. The average Bonchev–Trinajstić information content (AvgIpc) is 3.28. The van der Waals surface area contributed by atoms with Crippen molar-refractivity contribution < 1.29 is 14.3 Å². The summed E-state index contributed by atoms with van der Waals surface area (Å²) in [6.07, 6.45) is 0. The number of thioether (sulfide) groups is 1. The predicted octanol–water partition coefficient (Wildman–Crippen LogP) is 4.58. The molecule has 3 heterocycles. The first-order valence-electron chi connectivity index (χ1n) is 10.1. The van der Waals surface area contributed by atoms with E-state index in [2.05, 4.69) is 19.2 Å². The van der Waals surface area contributed by atoms with Gasteiger partial charge in [0.1, 0.15) is 4.83 Å². The van der Waals surface area contributed by atoms with Gasteiger partial charge in [-0.3, -0.25) is 14.2 Å². The number of thiophene rings is 1. The lowest BCUT2D eigenvalue weighted by Crippen LogP contribution is -2.28. The lowest BCUT2D eigenvalue weighted by Gasteiger charge is -2.17. The lowest BCUT2D eigenvalue weighted by atomic mass is 10.2. The van der Waals surface area contributed by atoms with Crippen LogP contribution in [0.2, 0.25) is 0 Å². The quantitative estimate of drug-likeness (QED) is 0.429. The predicted molar refractivity (Wildman–Crippen MR) is 125 cm³/mol. The SMILES string of the molecule is Cc1sc2nc(S[C@H](C)C(=O)Nc3ccc4c(c3)OCO4)n(CC(C)C)c(=O)c2c1C. The zero-order valence-electron chi connectivity index (χ0n) is 18.1. The summed E-state index contributed by atoms with van der Waals surface area (Å²) >= 11 is 2.82. The molecule has 0 unspecified atom stereocenters. The third-order valence-electron chi connectivity index (χ3n) is 5.09. The van der Waals surface area contributed by atoms with Crippen LogP contribution in [-0.4, -0.2) is 27.5 Å². The first kappa shape index (κ1) is 21.7. The maximum absolute atomic E-state index is 13.3. The largest absolute Gasteiger partial charge is 0.454 e. The second-order valence-corrected chi connectivity index (χ2v) is 10.5. The molecule has 31 heavy (non-hydrogen) atoms. The molecule has 0 saturated heterocycles. The topological polar surface area (TPSA) is 82.4 Å². The normalized spacial score (nSPS) is 13.7. The van der Waals surface area contributed by atoms with Crippen LogP contribution < -0.4 is 20.3 Å². The number of aromatic nitrogens is 2. The Kier molecular flexibility index (Phi) is 5.98. The van der Waals surface area contributed by atoms with E-state index in [4.69, 9.17) is 14.5 Å². The molecule has 0 bridgehead atoms. The van der Waals surface area contributed by atoms with Crippen molar-refractivity contribution in [1.82, 2.24) is 9.55 Å². The molecule has 1 aliphatic rings. The summed E-state index contributed by atoms with van der Waals surface area (Å²) in [6, 6.07) is 5.29. The fourth-order valence-electron chi connectivity index (χ4n) is 3.35. The molecular formula is C22H25N3O4S2. The highest BCUT2D eigenvalue weighted by atomic mass is 32.2. The van der Waals surface area contributed by atoms with E-state index in [0.717, 1.165) is 15.3 Å². The number of carbonyl (C=O) groups excluding carboxylic acids is 1. The molecular weight excluding hydrogens is 434 g/mol. The number of ether oxygens (including phenoxy) is 2. The van der Waals surface area contributed by atoms with Crippen molar-refractivity contribution in [1.29, 1.82) is 0 Å². The first-order chi connectivity index (χ1) is 14.7. The zero-order chi connectivity index (χ0) is 22.3. The van der Waals surface area contributed by atoms with Crippen molar-refractivity contribution >= 4 is 44.9 Å². The Labute approximate surface area is 188 Å². The van der Waals surface area contributed by atoms with E-state index in [-0.39, 0.29) is 24.2 Å². The van der Waals surface area contributed by atoms with Crippen molar-refractivity contribution in [3.05, 3.63) is 39.0 Å². The Morgan fingerprint density at radius 3 is 2.74 bits per heavy atom. The number of aryl methyl sites for hydroxylation is 2. The van der Waals surface area contributed by atoms with Gasteiger partial charge in [-0.05, 0) is 44.4 Å². The van der Waals surface area contributed by atoms with Gasteiger partial charge in [-0.25, -0.2) is 4.98 Å². The van der Waals surface area contributed by atoms with Crippen LogP contribution in [0.15, 0.2) is 28.2 Å². The molecule has 1 atom stereocenters. The minimum atomic E-state index is -0.449. The van der Waals surface area contributed by atoms with Crippen LogP contribution >= 0.6 is 23.1 Å². The molecule has 0 aliphatic carbocycles. The molecule has 1 aromatic carbocycles. The van der Waals surface area contributed by atoms with Crippen LogP contribution in [0.25, 0.3) is 10.2 Å². The number of rotatable bonds is 6. The molecule has 0 saturated carbocycles. The van der Waals surface area contributed by atoms with E-state index >= 15 is 0 Å². The second-order valence-electron chi connectivity index (χ2n) is 7.98. The van der Waals surface area contributed by atoms with Crippen molar-refractivity contribution in [2.45, 2.75) is 51.6 Å². The summed E-state index contributed by atoms with van der Waals surface area (Å²) in [4.78, 5) is 32.7. The van der Waals surface area contributed by atoms with Crippen LogP contribution in [0.3, 0.4) is 0 Å². The van der Waals surface area contributed by atoms with Gasteiger partial charge in [0, 0.05) is 23.2 Å². The molecule has 0 radical (unpaired) electrons. The van der Waals surface area contributed by atoms with Crippen LogP contribution in [-0.2, 0) is 11.3 Å². The van der Waals surface area contributed by atoms with Gasteiger partial charge in [0.25, 0.3) is 5.56 Å². The van der Waals surface area contributed by atoms with Gasteiger partial charge < -0.3 is 14.8 Å². The van der Waals surface area contributed by atoms with Crippen LogP contribution in [0.5, 0.6) is 11.5 Å². The summed E-state index contributed by atoms with van der Waals surface area (Å²) in [7, 11) is 0. The van der Waals surface area contributed by atoms with Gasteiger partial charge in [-0.1, -0.05) is 25.6 Å². The van der Waals surface area contributed by atoms with E-state index < -0.39 is 5.25 Å². The molecule has 0 fully saturated rings. The fourth-order valence-corrected chi connectivity index (χ4v) is 5.34. The highest BCUT2D eigenvalue weighted by molar-refractivity contribution is 8.00. The Morgan fingerprint density at radius 1 is 1.26 bits per heavy atom. The number of nitrogens with zero attached hydrogens (tertiary/aromatic N) is 2. The Balaban J connectivity index is 1.60. The summed E-state index contributed by atoms with van der Waals surface area (Å²) < 4.78 is 12.4. The zero-order valence-corrected chi connectivity index (χ0v) is 19.8. The molecule has 7 nitrogen and oxygen atoms in total. The molecule has 1 amide bonds. The van der Waals surface area contributed by atoms with Crippen LogP contribution in [0.1, 0.15) is 31.2 Å². The molecule has 164 valence electrons. The van der Waals surface area contributed by atoms with Gasteiger partial charge in [-0.2, -0.15) is 0 Å². The summed E-state index contributed by atoms with van der Waals surface area (Å²) in [6.45, 7) is 10.6. The van der Waals surface area contributed by atoms with Crippen molar-refractivity contribution in [3.63, 3.8) is 0 Å². The average molecular weight is 460 g/mol. The minimum absolute atomic E-state index is 0.0357. The van der Waals surface area contributed by atoms with Gasteiger partial charge >= 0.3 is 0 Å². The summed E-state index contributed by atoms with van der Waals surface area (Å²) in [5.74, 6) is 1.37. The van der Waals surface area contributed by atoms with Crippen molar-refractivity contribution in [3.8, 4) is 11.5 Å². The van der Waals surface area contributed by atoms with E-state index in [9.17, 15) is 9.59 Å². The maximum atomic E-state index is 13.3. The standard InChI is InChI=1S/C22H25N3O4S2/c1-11(2)9-25-21(27)18-12(3)13(4)30-20(18)24-22(25)31-14(5)19(26)23-15-6-7-16-17(8-15)29-10-28-16/h6-8,11,14H,9-10H2,1-5H3,(H,23,26)/t14-/m1/s1. The molecule has 4 rings (SSSR count). The smallest absolute Gasteiger partial charge is 0.263 e. The number of nitrogens with one attached hydrogen (secondary N) is 1. The molecule has 3 aromatic rings. The second kappa shape index (κ2) is 8.55. The molecule has 1 N–H and O–H groups in total. The number of hydrogen-bond acceptors (Lipinski definition) is 7. The van der Waals surface area contributed by atoms with Crippen LogP contribution in [0, 0.1) is 19.8 Å². The van der Waals surface area contributed by atoms with Gasteiger partial charge in [0.15, 0.2) is 16.7 Å². The van der Waals surface area contributed by atoms with Crippen LogP contribution in [0.4, 0.5) is 5.69 Å². The number of hydrogen-bond donors (Lipinski definition) is 1. The molecule has 9 heteroatoms. The number of fused-ring (bicyclic) bond motifs is 2. The number of amides is 1. The number of carbonyl (C=O) groups is 1. The third-order valence-corrected chi connectivity index (χ3v) is 7.28. The Hall–Kier alpha value is -2.52. The van der Waals surface area contributed by atoms with Crippen molar-refractivity contribution in [2.75, 3.05) is 12.1 Å². The highest BCUT2D eigenvalue weighted by Gasteiger charge is 2.23. The third kappa shape index (κ3) is 4.29. The van der Waals surface area contributed by atoms with Gasteiger partial charge in [0.2, 0.25) is 12.7 Å². The Morgan fingerprint density at radius 2 is 2.00 bits per heavy atom.